The first kappa shape index (κ1) is 16.9. The van der Waals surface area contributed by atoms with Crippen molar-refractivity contribution in [2.45, 2.75) is 25.8 Å². The van der Waals surface area contributed by atoms with E-state index in [1.54, 1.807) is 21.3 Å². The lowest BCUT2D eigenvalue weighted by Crippen LogP contribution is -2.45. The molecule has 0 spiro atoms. The van der Waals surface area contributed by atoms with E-state index < -0.39 is 0 Å². The van der Waals surface area contributed by atoms with Crippen LogP contribution < -0.4 is 14.2 Å². The SMILES string of the molecule is COc1cc(C[N+]2(CCCO)CCCC2)cc(OC)c1OC. The van der Waals surface area contributed by atoms with E-state index in [1.165, 1.54) is 31.5 Å². The molecule has 1 aromatic carbocycles. The van der Waals surface area contributed by atoms with Crippen molar-refractivity contribution in [1.29, 1.82) is 0 Å². The third kappa shape index (κ3) is 3.65. The fourth-order valence-electron chi connectivity index (χ4n) is 3.49. The molecule has 1 N–H and O–H groups in total. The number of nitrogens with zero attached hydrogens (tertiary/aromatic N) is 1. The van der Waals surface area contributed by atoms with Gasteiger partial charge in [-0.3, -0.25) is 0 Å². The Morgan fingerprint density at radius 1 is 1.00 bits per heavy atom. The van der Waals surface area contributed by atoms with E-state index in [0.29, 0.717) is 17.2 Å². The van der Waals surface area contributed by atoms with Crippen LogP contribution in [0, 0.1) is 0 Å². The minimum absolute atomic E-state index is 0.259. The molecule has 1 fully saturated rings. The Morgan fingerprint density at radius 3 is 2.05 bits per heavy atom. The Bertz CT molecular complexity index is 459. The Balaban J connectivity index is 2.27. The summed E-state index contributed by atoms with van der Waals surface area (Å²) in [5.74, 6) is 2.05. The van der Waals surface area contributed by atoms with Crippen molar-refractivity contribution < 1.29 is 23.8 Å². The highest BCUT2D eigenvalue weighted by Gasteiger charge is 2.32. The molecule has 5 heteroatoms. The second kappa shape index (κ2) is 7.70. The first-order chi connectivity index (χ1) is 10.7. The number of hydrogen-bond acceptors (Lipinski definition) is 4. The highest BCUT2D eigenvalue weighted by Crippen LogP contribution is 2.39. The molecule has 1 saturated heterocycles. The number of methoxy groups -OCH3 is 3. The molecule has 0 unspecified atom stereocenters. The van der Waals surface area contributed by atoms with Crippen molar-refractivity contribution in [3.8, 4) is 17.2 Å². The third-order valence-electron chi connectivity index (χ3n) is 4.55. The summed E-state index contributed by atoms with van der Waals surface area (Å²) in [4.78, 5) is 0. The molecular weight excluding hydrogens is 282 g/mol. The quantitative estimate of drug-likeness (QED) is 0.748. The number of aliphatic hydroxyl groups excluding tert-OH is 1. The summed E-state index contributed by atoms with van der Waals surface area (Å²) in [6.07, 6.45) is 3.37. The predicted octanol–water partition coefficient (Wildman–Crippen LogP) is 2.21. The van der Waals surface area contributed by atoms with Crippen molar-refractivity contribution in [3.05, 3.63) is 17.7 Å². The predicted molar refractivity (Wildman–Crippen MR) is 85.6 cm³/mol. The van der Waals surface area contributed by atoms with Crippen LogP contribution in [0.1, 0.15) is 24.8 Å². The maximum atomic E-state index is 9.17. The van der Waals surface area contributed by atoms with E-state index in [1.807, 2.05) is 12.1 Å². The lowest BCUT2D eigenvalue weighted by Gasteiger charge is -2.34. The fourth-order valence-corrected chi connectivity index (χ4v) is 3.49. The molecule has 1 aromatic rings. The van der Waals surface area contributed by atoms with E-state index in [-0.39, 0.29) is 6.61 Å². The molecule has 1 aliphatic rings. The van der Waals surface area contributed by atoms with Gasteiger partial charge in [-0.2, -0.15) is 0 Å². The Labute approximate surface area is 133 Å². The molecule has 5 nitrogen and oxygen atoms in total. The number of hydrogen-bond donors (Lipinski definition) is 1. The van der Waals surface area contributed by atoms with Crippen LogP contribution in [0.3, 0.4) is 0 Å². The van der Waals surface area contributed by atoms with Gasteiger partial charge in [0.05, 0.1) is 41.0 Å². The van der Waals surface area contributed by atoms with Crippen LogP contribution in [-0.4, -0.2) is 57.2 Å². The molecule has 0 aliphatic carbocycles. The van der Waals surface area contributed by atoms with E-state index in [0.717, 1.165) is 24.0 Å². The van der Waals surface area contributed by atoms with Gasteiger partial charge in [-0.05, 0) is 12.1 Å². The molecule has 1 aliphatic heterocycles. The number of likely N-dealkylation sites (tertiary alicyclic amines) is 1. The molecule has 0 atom stereocenters. The van der Waals surface area contributed by atoms with Gasteiger partial charge in [0.1, 0.15) is 6.54 Å². The van der Waals surface area contributed by atoms with Crippen LogP contribution in [0.2, 0.25) is 0 Å². The zero-order chi connectivity index (χ0) is 16.0. The van der Waals surface area contributed by atoms with Gasteiger partial charge < -0.3 is 23.8 Å². The highest BCUT2D eigenvalue weighted by atomic mass is 16.5. The number of aliphatic hydroxyl groups is 1. The van der Waals surface area contributed by atoms with Gasteiger partial charge in [-0.15, -0.1) is 0 Å². The van der Waals surface area contributed by atoms with Gasteiger partial charge in [0.25, 0.3) is 0 Å². The molecule has 2 rings (SSSR count). The topological polar surface area (TPSA) is 47.9 Å². The van der Waals surface area contributed by atoms with Gasteiger partial charge >= 0.3 is 0 Å². The normalized spacial score (nSPS) is 16.5. The van der Waals surface area contributed by atoms with Crippen LogP contribution >= 0.6 is 0 Å². The van der Waals surface area contributed by atoms with Gasteiger partial charge in [0, 0.05) is 31.4 Å². The average Bonchev–Trinajstić information content (AvgIpc) is 3.00. The van der Waals surface area contributed by atoms with Crippen molar-refractivity contribution in [2.24, 2.45) is 0 Å². The molecular formula is C17H28NO4+. The lowest BCUT2D eigenvalue weighted by atomic mass is 10.1. The van der Waals surface area contributed by atoms with Crippen LogP contribution in [-0.2, 0) is 6.54 Å². The number of rotatable bonds is 8. The van der Waals surface area contributed by atoms with Gasteiger partial charge in [-0.1, -0.05) is 0 Å². The maximum Gasteiger partial charge on any atom is 0.203 e. The number of benzene rings is 1. The second-order valence-electron chi connectivity index (χ2n) is 5.99. The zero-order valence-electron chi connectivity index (χ0n) is 13.9. The summed E-state index contributed by atoms with van der Waals surface area (Å²) in [5, 5.41) is 9.17. The van der Waals surface area contributed by atoms with Crippen LogP contribution in [0.25, 0.3) is 0 Å². The molecule has 0 aromatic heterocycles. The smallest absolute Gasteiger partial charge is 0.203 e. The molecule has 0 radical (unpaired) electrons. The Morgan fingerprint density at radius 2 is 1.59 bits per heavy atom. The molecule has 0 saturated carbocycles. The molecule has 22 heavy (non-hydrogen) atoms. The number of quaternary nitrogens is 1. The zero-order valence-corrected chi connectivity index (χ0v) is 13.9. The highest BCUT2D eigenvalue weighted by molar-refractivity contribution is 5.53. The number of ether oxygens (including phenoxy) is 3. The van der Waals surface area contributed by atoms with Gasteiger partial charge in [-0.25, -0.2) is 0 Å². The van der Waals surface area contributed by atoms with E-state index >= 15 is 0 Å². The summed E-state index contributed by atoms with van der Waals surface area (Å²) in [7, 11) is 4.91. The summed E-state index contributed by atoms with van der Waals surface area (Å²) < 4.78 is 17.3. The molecule has 0 amide bonds. The van der Waals surface area contributed by atoms with Crippen molar-refractivity contribution >= 4 is 0 Å². The first-order valence-electron chi connectivity index (χ1n) is 7.93. The standard InChI is InChI=1S/C17H28NO4/c1-20-15-11-14(12-16(21-2)17(15)22-3)13-18(9-6-10-19)7-4-5-8-18/h11-12,19H,4-10,13H2,1-3H3/q+1. The van der Waals surface area contributed by atoms with Gasteiger partial charge in [0.2, 0.25) is 5.75 Å². The minimum Gasteiger partial charge on any atom is -0.493 e. The second-order valence-corrected chi connectivity index (χ2v) is 5.99. The van der Waals surface area contributed by atoms with Crippen LogP contribution in [0.5, 0.6) is 17.2 Å². The Kier molecular flexibility index (Phi) is 5.91. The summed E-state index contributed by atoms with van der Waals surface area (Å²) in [6.45, 7) is 4.58. The lowest BCUT2D eigenvalue weighted by molar-refractivity contribution is -0.930. The van der Waals surface area contributed by atoms with E-state index in [2.05, 4.69) is 0 Å². The van der Waals surface area contributed by atoms with Crippen molar-refractivity contribution in [3.63, 3.8) is 0 Å². The van der Waals surface area contributed by atoms with Crippen molar-refractivity contribution in [2.75, 3.05) is 47.6 Å². The minimum atomic E-state index is 0.259. The van der Waals surface area contributed by atoms with E-state index in [4.69, 9.17) is 14.2 Å². The Hall–Kier alpha value is -1.46. The van der Waals surface area contributed by atoms with Crippen LogP contribution in [0.4, 0.5) is 0 Å². The molecule has 0 bridgehead atoms. The fraction of sp³-hybridized carbons (Fsp3) is 0.647. The summed E-state index contributed by atoms with van der Waals surface area (Å²) in [5.41, 5.74) is 1.19. The van der Waals surface area contributed by atoms with Gasteiger partial charge in [0.15, 0.2) is 11.5 Å². The van der Waals surface area contributed by atoms with Crippen molar-refractivity contribution in [1.82, 2.24) is 0 Å². The molecule has 1 heterocycles. The molecule has 124 valence electrons. The first-order valence-corrected chi connectivity index (χ1v) is 7.93. The average molecular weight is 310 g/mol. The van der Waals surface area contributed by atoms with E-state index in [9.17, 15) is 5.11 Å². The largest absolute Gasteiger partial charge is 0.493 e. The van der Waals surface area contributed by atoms with Crippen LogP contribution in [0.15, 0.2) is 12.1 Å². The summed E-state index contributed by atoms with van der Waals surface area (Å²) >= 11 is 0. The summed E-state index contributed by atoms with van der Waals surface area (Å²) in [6, 6.07) is 4.08. The maximum absolute atomic E-state index is 9.17. The monoisotopic (exact) mass is 310 g/mol. The third-order valence-corrected chi connectivity index (χ3v) is 4.55.